The molecular weight excluding hydrogens is 370 g/mol. The van der Waals surface area contributed by atoms with Crippen LogP contribution < -0.4 is 9.47 Å². The van der Waals surface area contributed by atoms with Crippen LogP contribution in [0.25, 0.3) is 0 Å². The van der Waals surface area contributed by atoms with E-state index in [2.05, 4.69) is 0 Å². The van der Waals surface area contributed by atoms with E-state index in [4.69, 9.17) is 19.6 Å². The number of fused-ring (bicyclic) bond motifs is 1. The predicted molar refractivity (Wildman–Crippen MR) is 108 cm³/mol. The van der Waals surface area contributed by atoms with Crippen molar-refractivity contribution < 1.29 is 24.5 Å². The van der Waals surface area contributed by atoms with Crippen LogP contribution in [0.5, 0.6) is 17.2 Å². The molecule has 0 unspecified atom stereocenters. The number of carboxylic acids is 1. The first-order valence-corrected chi connectivity index (χ1v) is 10.3. The molecule has 1 fully saturated rings. The second kappa shape index (κ2) is 8.31. The summed E-state index contributed by atoms with van der Waals surface area (Å²) >= 11 is 0. The fourth-order valence-electron chi connectivity index (χ4n) is 4.51. The molecule has 1 aliphatic carbocycles. The van der Waals surface area contributed by atoms with Gasteiger partial charge in [0.2, 0.25) is 0 Å². The number of nitrogens with zero attached hydrogens (tertiary/aromatic N) is 1. The van der Waals surface area contributed by atoms with Gasteiger partial charge in [0.25, 0.3) is 0 Å². The molecule has 6 heteroatoms. The van der Waals surface area contributed by atoms with Crippen LogP contribution >= 0.6 is 0 Å². The van der Waals surface area contributed by atoms with Crippen molar-refractivity contribution in [3.05, 3.63) is 46.3 Å². The van der Waals surface area contributed by atoms with Gasteiger partial charge >= 0.3 is 5.97 Å². The molecule has 0 spiro atoms. The van der Waals surface area contributed by atoms with Gasteiger partial charge in [0.1, 0.15) is 5.75 Å². The highest BCUT2D eigenvalue weighted by Crippen LogP contribution is 2.41. The molecule has 0 radical (unpaired) electrons. The van der Waals surface area contributed by atoms with E-state index in [-0.39, 0.29) is 0 Å². The molecule has 1 aromatic heterocycles. The Morgan fingerprint density at radius 2 is 2.07 bits per heavy atom. The van der Waals surface area contributed by atoms with Crippen molar-refractivity contribution in [3.63, 3.8) is 0 Å². The molecule has 2 N–H and O–H groups in total. The molecule has 0 saturated heterocycles. The van der Waals surface area contributed by atoms with Gasteiger partial charge in [-0.3, -0.25) is 4.98 Å². The molecule has 1 aliphatic heterocycles. The Balaban J connectivity index is 1.63. The lowest BCUT2D eigenvalue weighted by molar-refractivity contribution is -0.139. The average Bonchev–Trinajstić information content (AvgIpc) is 3.20. The van der Waals surface area contributed by atoms with Crippen molar-refractivity contribution in [1.82, 2.24) is 4.98 Å². The number of carbonyl (C=O) groups is 1. The smallest absolute Gasteiger partial charge is 0.341 e. The summed E-state index contributed by atoms with van der Waals surface area (Å²) in [6.07, 6.45) is 7.23. The number of aromatic nitrogens is 1. The molecule has 4 rings (SSSR count). The minimum absolute atomic E-state index is 0.295. The number of aryl methyl sites for hydroxylation is 1. The van der Waals surface area contributed by atoms with Gasteiger partial charge in [0.15, 0.2) is 18.1 Å². The highest BCUT2D eigenvalue weighted by molar-refractivity contribution is 5.69. The number of benzene rings is 1. The van der Waals surface area contributed by atoms with Gasteiger partial charge in [-0.25, -0.2) is 4.79 Å². The maximum atomic E-state index is 10.9. The standard InChI is InChI=1S/C23H27NO5/c1-14-11-20(29-13-21(26)27)23-17(9-10-28-23)18(14)12-16-7-8-19(25)22(24-16)15-5-3-2-4-6-15/h7-8,11,15,25H,2-6,9-10,12-13H2,1H3,(H,26,27). The molecular formula is C23H27NO5. The SMILES string of the molecule is Cc1cc(OCC(=O)O)c2c(c1Cc1ccc(O)c(C3CCCCC3)n1)CCO2. The van der Waals surface area contributed by atoms with Gasteiger partial charge in [0.05, 0.1) is 12.3 Å². The normalized spacial score (nSPS) is 16.3. The topological polar surface area (TPSA) is 88.9 Å². The molecule has 2 aliphatic rings. The Kier molecular flexibility index (Phi) is 5.60. The van der Waals surface area contributed by atoms with E-state index < -0.39 is 12.6 Å². The summed E-state index contributed by atoms with van der Waals surface area (Å²) in [5.74, 6) is 0.761. The van der Waals surface area contributed by atoms with Crippen molar-refractivity contribution in [2.45, 2.75) is 57.8 Å². The summed E-state index contributed by atoms with van der Waals surface area (Å²) < 4.78 is 11.2. The van der Waals surface area contributed by atoms with Crippen LogP contribution in [-0.2, 0) is 17.6 Å². The highest BCUT2D eigenvalue weighted by Gasteiger charge is 2.25. The summed E-state index contributed by atoms with van der Waals surface area (Å²) in [7, 11) is 0. The summed E-state index contributed by atoms with van der Waals surface area (Å²) in [5, 5.41) is 19.3. The van der Waals surface area contributed by atoms with E-state index in [9.17, 15) is 9.90 Å². The first kappa shape index (κ1) is 19.6. The molecule has 154 valence electrons. The third-order valence-electron chi connectivity index (χ3n) is 5.95. The van der Waals surface area contributed by atoms with Gasteiger partial charge < -0.3 is 19.7 Å². The lowest BCUT2D eigenvalue weighted by atomic mass is 9.86. The van der Waals surface area contributed by atoms with Gasteiger partial charge in [-0.15, -0.1) is 0 Å². The third kappa shape index (κ3) is 4.16. The molecule has 1 saturated carbocycles. The lowest BCUT2D eigenvalue weighted by Gasteiger charge is -2.22. The van der Waals surface area contributed by atoms with Gasteiger partial charge in [0, 0.05) is 30.0 Å². The average molecular weight is 397 g/mol. The molecule has 0 amide bonds. The van der Waals surface area contributed by atoms with E-state index >= 15 is 0 Å². The van der Waals surface area contributed by atoms with E-state index in [0.29, 0.717) is 36.2 Å². The van der Waals surface area contributed by atoms with E-state index in [1.54, 1.807) is 6.07 Å². The molecule has 2 aromatic rings. The Labute approximate surface area is 170 Å². The van der Waals surface area contributed by atoms with Crippen molar-refractivity contribution in [3.8, 4) is 17.2 Å². The maximum Gasteiger partial charge on any atom is 0.341 e. The quantitative estimate of drug-likeness (QED) is 0.762. The minimum atomic E-state index is -1.01. The van der Waals surface area contributed by atoms with Crippen LogP contribution in [0.4, 0.5) is 0 Å². The Bertz CT molecular complexity index is 918. The van der Waals surface area contributed by atoms with Crippen LogP contribution in [0.3, 0.4) is 0 Å². The second-order valence-corrected chi connectivity index (χ2v) is 7.98. The monoisotopic (exact) mass is 397 g/mol. The predicted octanol–water partition coefficient (Wildman–Crippen LogP) is 4.13. The van der Waals surface area contributed by atoms with Crippen molar-refractivity contribution in [1.29, 1.82) is 0 Å². The molecule has 0 atom stereocenters. The number of hydrogen-bond donors (Lipinski definition) is 2. The zero-order chi connectivity index (χ0) is 20.4. The third-order valence-corrected chi connectivity index (χ3v) is 5.95. The minimum Gasteiger partial charge on any atom is -0.506 e. The number of ether oxygens (including phenoxy) is 2. The first-order valence-electron chi connectivity index (χ1n) is 10.3. The maximum absolute atomic E-state index is 10.9. The van der Waals surface area contributed by atoms with E-state index in [0.717, 1.165) is 47.3 Å². The number of aromatic hydroxyl groups is 1. The van der Waals surface area contributed by atoms with Crippen LogP contribution in [0.1, 0.15) is 66.1 Å². The number of rotatable bonds is 6. The van der Waals surface area contributed by atoms with E-state index in [1.165, 1.54) is 19.3 Å². The van der Waals surface area contributed by atoms with Crippen molar-refractivity contribution in [2.75, 3.05) is 13.2 Å². The Morgan fingerprint density at radius 1 is 1.28 bits per heavy atom. The molecule has 0 bridgehead atoms. The number of aliphatic carboxylic acids is 1. The van der Waals surface area contributed by atoms with Gasteiger partial charge in [-0.2, -0.15) is 0 Å². The highest BCUT2D eigenvalue weighted by atomic mass is 16.5. The summed E-state index contributed by atoms with van der Waals surface area (Å²) in [4.78, 5) is 15.7. The fraction of sp³-hybridized carbons (Fsp3) is 0.478. The number of pyridine rings is 1. The lowest BCUT2D eigenvalue weighted by Crippen LogP contribution is -2.11. The van der Waals surface area contributed by atoms with Crippen LogP contribution in [0.15, 0.2) is 18.2 Å². The summed E-state index contributed by atoms with van der Waals surface area (Å²) in [6.45, 7) is 2.18. The van der Waals surface area contributed by atoms with Crippen molar-refractivity contribution >= 4 is 5.97 Å². The van der Waals surface area contributed by atoms with Crippen LogP contribution in [-0.4, -0.2) is 34.4 Å². The second-order valence-electron chi connectivity index (χ2n) is 7.98. The molecule has 2 heterocycles. The Hall–Kier alpha value is -2.76. The van der Waals surface area contributed by atoms with Gasteiger partial charge in [-0.05, 0) is 49.1 Å². The molecule has 29 heavy (non-hydrogen) atoms. The summed E-state index contributed by atoms with van der Waals surface area (Å²) in [5.41, 5.74) is 5.00. The van der Waals surface area contributed by atoms with Gasteiger partial charge in [-0.1, -0.05) is 19.3 Å². The van der Waals surface area contributed by atoms with Crippen LogP contribution in [0.2, 0.25) is 0 Å². The van der Waals surface area contributed by atoms with Crippen molar-refractivity contribution in [2.24, 2.45) is 0 Å². The number of hydrogen-bond acceptors (Lipinski definition) is 5. The van der Waals surface area contributed by atoms with E-state index in [1.807, 2.05) is 19.1 Å². The zero-order valence-corrected chi connectivity index (χ0v) is 16.7. The first-order chi connectivity index (χ1) is 14.0. The summed E-state index contributed by atoms with van der Waals surface area (Å²) in [6, 6.07) is 5.51. The molecule has 1 aromatic carbocycles. The Morgan fingerprint density at radius 3 is 2.83 bits per heavy atom. The zero-order valence-electron chi connectivity index (χ0n) is 16.7. The van der Waals surface area contributed by atoms with Crippen LogP contribution in [0, 0.1) is 6.92 Å². The number of carboxylic acid groups (broad SMARTS) is 1. The molecule has 6 nitrogen and oxygen atoms in total. The fourth-order valence-corrected chi connectivity index (χ4v) is 4.51. The largest absolute Gasteiger partial charge is 0.506 e.